The second kappa shape index (κ2) is 6.07. The van der Waals surface area contributed by atoms with E-state index in [9.17, 15) is 0 Å². The third-order valence-electron chi connectivity index (χ3n) is 2.89. The van der Waals surface area contributed by atoms with Crippen molar-refractivity contribution in [3.63, 3.8) is 0 Å². The van der Waals surface area contributed by atoms with Crippen molar-refractivity contribution in [2.75, 3.05) is 0 Å². The average Bonchev–Trinajstić information content (AvgIpc) is 2.64. The summed E-state index contributed by atoms with van der Waals surface area (Å²) in [4.78, 5) is 3.00. The molecule has 0 amide bonds. The third-order valence-corrected chi connectivity index (χ3v) is 5.05. The Kier molecular flexibility index (Phi) is 5.33. The minimum atomic E-state index is 0.228. The quantitative estimate of drug-likeness (QED) is 0.630. The van der Waals surface area contributed by atoms with Crippen LogP contribution in [0, 0.1) is 5.41 Å². The number of rotatable bonds is 5. The summed E-state index contributed by atoms with van der Waals surface area (Å²) in [7, 11) is 0. The Bertz CT molecular complexity index is 309. The van der Waals surface area contributed by atoms with E-state index in [2.05, 4.69) is 39.8 Å². The summed E-state index contributed by atoms with van der Waals surface area (Å²) in [5.74, 6) is 0. The molecule has 0 saturated carbocycles. The van der Waals surface area contributed by atoms with Gasteiger partial charge in [-0.1, -0.05) is 27.7 Å². The minimum Gasteiger partial charge on any atom is -0.145 e. The first-order valence-electron chi connectivity index (χ1n) is 6.15. The van der Waals surface area contributed by atoms with E-state index in [0.717, 1.165) is 12.8 Å². The molecule has 1 aromatic heterocycles. The van der Waals surface area contributed by atoms with E-state index in [1.54, 1.807) is 0 Å². The zero-order valence-electron chi connectivity index (χ0n) is 10.8. The fourth-order valence-electron chi connectivity index (χ4n) is 1.64. The Hall–Kier alpha value is -0.0100. The molecule has 0 aromatic carbocycles. The van der Waals surface area contributed by atoms with E-state index >= 15 is 0 Å². The van der Waals surface area contributed by atoms with Crippen LogP contribution in [-0.4, -0.2) is 5.38 Å². The Labute approximate surface area is 109 Å². The molecule has 0 bridgehead atoms. The normalized spacial score (nSPS) is 14.1. The summed E-state index contributed by atoms with van der Waals surface area (Å²) in [6.45, 7) is 8.85. The highest BCUT2D eigenvalue weighted by Gasteiger charge is 2.21. The molecule has 1 unspecified atom stereocenters. The topological polar surface area (TPSA) is 0 Å². The first kappa shape index (κ1) is 14.1. The lowest BCUT2D eigenvalue weighted by Gasteiger charge is -2.24. The van der Waals surface area contributed by atoms with Crippen LogP contribution in [0.3, 0.4) is 0 Å². The molecule has 0 nitrogen and oxygen atoms in total. The van der Waals surface area contributed by atoms with Crippen molar-refractivity contribution >= 4 is 22.9 Å². The Balaban J connectivity index is 2.30. The highest BCUT2D eigenvalue weighted by molar-refractivity contribution is 7.11. The molecule has 2 heteroatoms. The summed E-state index contributed by atoms with van der Waals surface area (Å²) >= 11 is 8.31. The molecule has 1 heterocycles. The molecule has 92 valence electrons. The van der Waals surface area contributed by atoms with Gasteiger partial charge in [-0.05, 0) is 43.2 Å². The van der Waals surface area contributed by atoms with Crippen LogP contribution in [0.25, 0.3) is 0 Å². The van der Waals surface area contributed by atoms with Gasteiger partial charge in [0, 0.05) is 15.1 Å². The van der Waals surface area contributed by atoms with Gasteiger partial charge in [0.1, 0.15) is 0 Å². The molecule has 0 radical (unpaired) electrons. The van der Waals surface area contributed by atoms with Crippen LogP contribution in [0.4, 0.5) is 0 Å². The predicted octanol–water partition coefficient (Wildman–Crippen LogP) is 5.29. The van der Waals surface area contributed by atoms with Gasteiger partial charge in [0.2, 0.25) is 0 Å². The van der Waals surface area contributed by atoms with Gasteiger partial charge in [0.15, 0.2) is 0 Å². The number of halogens is 1. The zero-order valence-corrected chi connectivity index (χ0v) is 12.4. The first-order valence-corrected chi connectivity index (χ1v) is 7.40. The molecule has 0 N–H and O–H groups in total. The smallest absolute Gasteiger partial charge is 0.0384 e. The van der Waals surface area contributed by atoms with Gasteiger partial charge >= 0.3 is 0 Å². The predicted molar refractivity (Wildman–Crippen MR) is 75.7 cm³/mol. The van der Waals surface area contributed by atoms with E-state index in [4.69, 9.17) is 11.6 Å². The van der Waals surface area contributed by atoms with Crippen LogP contribution < -0.4 is 0 Å². The van der Waals surface area contributed by atoms with Crippen LogP contribution in [-0.2, 0) is 12.8 Å². The van der Waals surface area contributed by atoms with Crippen molar-refractivity contribution in [3.8, 4) is 0 Å². The standard InChI is InChI=1S/C14H23ClS/c1-5-11-9-10-12(16-11)7-6-8-13(15)14(2,3)4/h9-10,13H,5-8H2,1-4H3. The highest BCUT2D eigenvalue weighted by atomic mass is 35.5. The van der Waals surface area contributed by atoms with Crippen LogP contribution in [0.2, 0.25) is 0 Å². The van der Waals surface area contributed by atoms with E-state index in [-0.39, 0.29) is 10.8 Å². The van der Waals surface area contributed by atoms with Gasteiger partial charge in [-0.25, -0.2) is 0 Å². The Morgan fingerprint density at radius 1 is 1.25 bits per heavy atom. The van der Waals surface area contributed by atoms with Gasteiger partial charge in [-0.15, -0.1) is 22.9 Å². The monoisotopic (exact) mass is 258 g/mol. The van der Waals surface area contributed by atoms with Crippen molar-refractivity contribution in [2.24, 2.45) is 5.41 Å². The molecule has 0 aliphatic rings. The molecule has 1 aromatic rings. The maximum Gasteiger partial charge on any atom is 0.0384 e. The van der Waals surface area contributed by atoms with Crippen molar-refractivity contribution in [1.29, 1.82) is 0 Å². The van der Waals surface area contributed by atoms with Gasteiger partial charge in [-0.2, -0.15) is 0 Å². The lowest BCUT2D eigenvalue weighted by atomic mass is 9.89. The second-order valence-corrected chi connectivity index (χ2v) is 7.23. The molecule has 0 saturated heterocycles. The number of thiophene rings is 1. The summed E-state index contributed by atoms with van der Waals surface area (Å²) < 4.78 is 0. The fourth-order valence-corrected chi connectivity index (χ4v) is 2.79. The van der Waals surface area contributed by atoms with E-state index < -0.39 is 0 Å². The second-order valence-electron chi connectivity index (χ2n) is 5.45. The number of hydrogen-bond donors (Lipinski definition) is 0. The van der Waals surface area contributed by atoms with Crippen LogP contribution in [0.1, 0.15) is 50.3 Å². The number of hydrogen-bond acceptors (Lipinski definition) is 1. The number of alkyl halides is 1. The molecular formula is C14H23ClS. The Morgan fingerprint density at radius 2 is 1.88 bits per heavy atom. The van der Waals surface area contributed by atoms with E-state index in [1.807, 2.05) is 11.3 Å². The minimum absolute atomic E-state index is 0.228. The molecule has 0 fully saturated rings. The van der Waals surface area contributed by atoms with Gasteiger partial charge in [0.25, 0.3) is 0 Å². The average molecular weight is 259 g/mol. The fraction of sp³-hybridized carbons (Fsp3) is 0.714. The molecule has 0 spiro atoms. The van der Waals surface area contributed by atoms with E-state index in [1.165, 1.54) is 22.6 Å². The summed E-state index contributed by atoms with van der Waals surface area (Å²) in [5.41, 5.74) is 0.228. The van der Waals surface area contributed by atoms with Crippen molar-refractivity contribution in [3.05, 3.63) is 21.9 Å². The molecule has 16 heavy (non-hydrogen) atoms. The number of aryl methyl sites for hydroxylation is 2. The van der Waals surface area contributed by atoms with Crippen LogP contribution >= 0.6 is 22.9 Å². The van der Waals surface area contributed by atoms with Gasteiger partial charge in [-0.3, -0.25) is 0 Å². The van der Waals surface area contributed by atoms with Gasteiger partial charge in [0.05, 0.1) is 0 Å². The van der Waals surface area contributed by atoms with Crippen LogP contribution in [0.5, 0.6) is 0 Å². The third kappa shape index (κ3) is 4.47. The Morgan fingerprint density at radius 3 is 2.38 bits per heavy atom. The van der Waals surface area contributed by atoms with Crippen molar-refractivity contribution in [2.45, 2.75) is 58.8 Å². The maximum absolute atomic E-state index is 6.36. The summed E-state index contributed by atoms with van der Waals surface area (Å²) in [6, 6.07) is 4.52. The molecule has 0 aliphatic heterocycles. The van der Waals surface area contributed by atoms with Crippen LogP contribution in [0.15, 0.2) is 12.1 Å². The lowest BCUT2D eigenvalue weighted by molar-refractivity contribution is 0.369. The zero-order chi connectivity index (χ0) is 12.2. The summed E-state index contributed by atoms with van der Waals surface area (Å²) in [6.07, 6.45) is 4.66. The SMILES string of the molecule is CCc1ccc(CCCC(Cl)C(C)(C)C)s1. The molecule has 1 rings (SSSR count). The lowest BCUT2D eigenvalue weighted by Crippen LogP contribution is -2.20. The molecule has 1 atom stereocenters. The van der Waals surface area contributed by atoms with E-state index in [0.29, 0.717) is 0 Å². The molecule has 0 aliphatic carbocycles. The van der Waals surface area contributed by atoms with Gasteiger partial charge < -0.3 is 0 Å². The highest BCUT2D eigenvalue weighted by Crippen LogP contribution is 2.29. The summed E-state index contributed by atoms with van der Waals surface area (Å²) in [5, 5.41) is 0.290. The molecular weight excluding hydrogens is 236 g/mol. The first-order chi connectivity index (χ1) is 7.43. The largest absolute Gasteiger partial charge is 0.145 e. The maximum atomic E-state index is 6.36. The van der Waals surface area contributed by atoms with Crippen molar-refractivity contribution < 1.29 is 0 Å². The van der Waals surface area contributed by atoms with Crippen molar-refractivity contribution in [1.82, 2.24) is 0 Å².